The van der Waals surface area contributed by atoms with Crippen LogP contribution >= 0.6 is 22.6 Å². The number of methoxy groups -OCH3 is 1. The number of likely N-dealkylation sites (N-methyl/N-ethyl adjacent to an activating group) is 1. The molecule has 0 unspecified atom stereocenters. The second-order valence-electron chi connectivity index (χ2n) is 5.76. The molecule has 1 heterocycles. The van der Waals surface area contributed by atoms with Gasteiger partial charge < -0.3 is 15.2 Å². The Hall–Kier alpha value is -1.02. The maximum absolute atomic E-state index is 12.6. The number of carbonyl (C=O) groups excluding carboxylic acids is 1. The second kappa shape index (κ2) is 8.19. The number of nitrogens with zero attached hydrogens (tertiary/aromatic N) is 1. The van der Waals surface area contributed by atoms with Crippen molar-refractivity contribution >= 4 is 28.5 Å². The number of likely N-dealkylation sites (tertiary alicyclic amines) is 1. The van der Waals surface area contributed by atoms with E-state index < -0.39 is 0 Å². The number of benzene rings is 1. The first-order valence-electron chi connectivity index (χ1n) is 8.13. The molecule has 1 aromatic carbocycles. The molecule has 1 atom stereocenters. The molecule has 0 aliphatic carbocycles. The zero-order chi connectivity index (χ0) is 17.0. The summed E-state index contributed by atoms with van der Waals surface area (Å²) < 4.78 is 6.19. The van der Waals surface area contributed by atoms with E-state index in [2.05, 4.69) is 39.7 Å². The van der Waals surface area contributed by atoms with Crippen molar-refractivity contribution in [1.82, 2.24) is 10.2 Å². The normalized spacial score (nSPS) is 18.2. The number of aryl methyl sites for hydroxylation is 1. The quantitative estimate of drug-likeness (QED) is 0.682. The number of hydrogen-bond donors (Lipinski definition) is 2. The van der Waals surface area contributed by atoms with Gasteiger partial charge in [-0.25, -0.2) is 0 Å². The number of phenols is 1. The molecular weight excluding hydrogens is 405 g/mol. The molecule has 1 aromatic rings. The lowest BCUT2D eigenvalue weighted by atomic mass is 10.0. The highest BCUT2D eigenvalue weighted by molar-refractivity contribution is 14.1. The summed E-state index contributed by atoms with van der Waals surface area (Å²) in [5.41, 5.74) is 1.01. The molecule has 0 radical (unpaired) electrons. The molecular formula is C17H25IN2O3. The second-order valence-corrected chi connectivity index (χ2v) is 6.92. The van der Waals surface area contributed by atoms with E-state index in [0.29, 0.717) is 24.8 Å². The van der Waals surface area contributed by atoms with Gasteiger partial charge >= 0.3 is 0 Å². The van der Waals surface area contributed by atoms with Gasteiger partial charge in [-0.1, -0.05) is 13.8 Å². The first-order valence-corrected chi connectivity index (χ1v) is 9.21. The maximum Gasteiger partial charge on any atom is 0.258 e. The standard InChI is InChI=1S/C17H25IN2O3/c1-4-11-9-13(18)16(23-3)14(15(11)21)17(22)19-10-12-7-6-8-20(12)5-2/h9,12,21H,4-8,10H2,1-3H3,(H,19,22)/t12-/m0/s1/i18-2. The zero-order valence-corrected chi connectivity index (χ0v) is 16.1. The molecule has 0 aromatic heterocycles. The van der Waals surface area contributed by atoms with Crippen LogP contribution in [0.2, 0.25) is 0 Å². The number of amides is 1. The summed E-state index contributed by atoms with van der Waals surface area (Å²) in [4.78, 5) is 15.0. The fraction of sp³-hybridized carbons (Fsp3) is 0.588. The fourth-order valence-electron chi connectivity index (χ4n) is 3.20. The van der Waals surface area contributed by atoms with Crippen molar-refractivity contribution in [3.8, 4) is 11.5 Å². The van der Waals surface area contributed by atoms with E-state index in [0.717, 1.165) is 28.6 Å². The summed E-state index contributed by atoms with van der Waals surface area (Å²) >= 11 is 2.14. The Morgan fingerprint density at radius 1 is 1.52 bits per heavy atom. The van der Waals surface area contributed by atoms with Crippen LogP contribution in [0.3, 0.4) is 0 Å². The van der Waals surface area contributed by atoms with Crippen LogP contribution in [-0.4, -0.2) is 48.7 Å². The highest BCUT2D eigenvalue weighted by Gasteiger charge is 2.26. The third kappa shape index (κ3) is 3.91. The minimum atomic E-state index is -0.268. The van der Waals surface area contributed by atoms with Crippen molar-refractivity contribution in [2.75, 3.05) is 26.7 Å². The zero-order valence-electron chi connectivity index (χ0n) is 14.0. The van der Waals surface area contributed by atoms with E-state index in [-0.39, 0.29) is 17.2 Å². The van der Waals surface area contributed by atoms with E-state index in [1.807, 2.05) is 13.0 Å². The van der Waals surface area contributed by atoms with Crippen LogP contribution < -0.4 is 10.1 Å². The number of ether oxygens (including phenoxy) is 1. The predicted molar refractivity (Wildman–Crippen MR) is 99.4 cm³/mol. The van der Waals surface area contributed by atoms with Crippen molar-refractivity contribution in [3.63, 3.8) is 0 Å². The highest BCUT2D eigenvalue weighted by Crippen LogP contribution is 2.36. The van der Waals surface area contributed by atoms with Gasteiger partial charge in [0.1, 0.15) is 17.1 Å². The van der Waals surface area contributed by atoms with Gasteiger partial charge in [0.2, 0.25) is 0 Å². The minimum absolute atomic E-state index is 0.0287. The van der Waals surface area contributed by atoms with Gasteiger partial charge in [-0.15, -0.1) is 0 Å². The third-order valence-corrected chi connectivity index (χ3v) is 5.30. The Morgan fingerprint density at radius 3 is 2.87 bits per heavy atom. The molecule has 6 heteroatoms. The van der Waals surface area contributed by atoms with Crippen molar-refractivity contribution in [1.29, 1.82) is 0 Å². The van der Waals surface area contributed by atoms with Crippen LogP contribution in [0.15, 0.2) is 6.07 Å². The average Bonchev–Trinajstić information content (AvgIpc) is 3.01. The Labute approximate surface area is 151 Å². The summed E-state index contributed by atoms with van der Waals surface area (Å²) in [5.74, 6) is 0.202. The van der Waals surface area contributed by atoms with Crippen LogP contribution in [0.1, 0.15) is 42.6 Å². The molecule has 1 saturated heterocycles. The number of phenolic OH excluding ortho intramolecular Hbond substituents is 1. The Morgan fingerprint density at radius 2 is 2.26 bits per heavy atom. The van der Waals surface area contributed by atoms with E-state index in [4.69, 9.17) is 4.74 Å². The summed E-state index contributed by atoms with van der Waals surface area (Å²) in [5, 5.41) is 13.4. The molecule has 2 N–H and O–H groups in total. The summed E-state index contributed by atoms with van der Waals surface area (Å²) in [6, 6.07) is 2.24. The molecule has 1 fully saturated rings. The van der Waals surface area contributed by atoms with Gasteiger partial charge in [-0.2, -0.15) is 0 Å². The number of rotatable bonds is 6. The van der Waals surface area contributed by atoms with Gasteiger partial charge in [-0.3, -0.25) is 9.69 Å². The van der Waals surface area contributed by atoms with Crippen LogP contribution in [0.4, 0.5) is 0 Å². The maximum atomic E-state index is 12.6. The molecule has 0 saturated carbocycles. The van der Waals surface area contributed by atoms with Crippen LogP contribution in [0.5, 0.6) is 11.5 Å². The molecule has 2 rings (SSSR count). The van der Waals surface area contributed by atoms with Crippen LogP contribution in [0, 0.1) is 3.57 Å². The lowest BCUT2D eigenvalue weighted by Gasteiger charge is -2.23. The lowest BCUT2D eigenvalue weighted by molar-refractivity contribution is 0.0935. The topological polar surface area (TPSA) is 61.8 Å². The smallest absolute Gasteiger partial charge is 0.258 e. The van der Waals surface area contributed by atoms with Crippen molar-refractivity contribution in [2.24, 2.45) is 0 Å². The van der Waals surface area contributed by atoms with Crippen LogP contribution in [-0.2, 0) is 6.42 Å². The summed E-state index contributed by atoms with van der Waals surface area (Å²) in [7, 11) is 1.52. The van der Waals surface area contributed by atoms with Crippen molar-refractivity contribution in [2.45, 2.75) is 39.2 Å². The molecule has 1 amide bonds. The van der Waals surface area contributed by atoms with Gasteiger partial charge in [0.25, 0.3) is 5.91 Å². The largest absolute Gasteiger partial charge is 0.507 e. The number of hydrogen-bond acceptors (Lipinski definition) is 4. The number of nitrogens with one attached hydrogen (secondary N) is 1. The Kier molecular flexibility index (Phi) is 6.52. The van der Waals surface area contributed by atoms with E-state index >= 15 is 0 Å². The summed E-state index contributed by atoms with van der Waals surface area (Å²) in [6.07, 6.45) is 2.94. The van der Waals surface area contributed by atoms with E-state index in [9.17, 15) is 9.90 Å². The first kappa shape index (κ1) is 18.3. The SMILES string of the molecule is CCc1cc([125I])c(OC)c(C(=O)NC[C@@H]2CCCN2CC)c1O. The van der Waals surface area contributed by atoms with Gasteiger partial charge in [0.15, 0.2) is 0 Å². The predicted octanol–water partition coefficient (Wildman–Crippen LogP) is 2.78. The number of carbonyl (C=O) groups is 1. The summed E-state index contributed by atoms with van der Waals surface area (Å²) in [6.45, 7) is 6.79. The van der Waals surface area contributed by atoms with Gasteiger partial charge in [0.05, 0.1) is 10.7 Å². The monoisotopic (exact) mass is 430 g/mol. The minimum Gasteiger partial charge on any atom is -0.507 e. The third-order valence-electron chi connectivity index (χ3n) is 4.50. The molecule has 1 aliphatic heterocycles. The van der Waals surface area contributed by atoms with E-state index in [1.165, 1.54) is 13.5 Å². The molecule has 1 aliphatic rings. The molecule has 0 spiro atoms. The Bertz CT molecular complexity index is 577. The van der Waals surface area contributed by atoms with Gasteiger partial charge in [-0.05, 0) is 66.6 Å². The Balaban J connectivity index is 2.19. The van der Waals surface area contributed by atoms with E-state index in [1.54, 1.807) is 0 Å². The molecule has 128 valence electrons. The number of halogens is 1. The molecule has 5 nitrogen and oxygen atoms in total. The lowest BCUT2D eigenvalue weighted by Crippen LogP contribution is -2.40. The fourth-order valence-corrected chi connectivity index (χ4v) is 4.06. The van der Waals surface area contributed by atoms with Crippen molar-refractivity contribution in [3.05, 3.63) is 20.8 Å². The van der Waals surface area contributed by atoms with Gasteiger partial charge in [0, 0.05) is 12.6 Å². The molecule has 23 heavy (non-hydrogen) atoms. The van der Waals surface area contributed by atoms with Crippen molar-refractivity contribution < 1.29 is 14.6 Å². The first-order chi connectivity index (χ1) is 11.0. The number of aromatic hydroxyl groups is 1. The molecule has 0 bridgehead atoms. The highest BCUT2D eigenvalue weighted by atomic mass is 125. The average molecular weight is 430 g/mol. The van der Waals surface area contributed by atoms with Crippen LogP contribution in [0.25, 0.3) is 0 Å².